The smallest absolute Gasteiger partial charge is 0.408 e. The molecular formula is C24H30N2O3. The maximum absolute atomic E-state index is 12.8. The first-order chi connectivity index (χ1) is 13.7. The van der Waals surface area contributed by atoms with Gasteiger partial charge >= 0.3 is 6.09 Å². The Bertz CT molecular complexity index is 830. The van der Waals surface area contributed by atoms with E-state index in [1.54, 1.807) is 0 Å². The molecule has 3 atom stereocenters. The van der Waals surface area contributed by atoms with E-state index in [2.05, 4.69) is 12.2 Å². The second-order valence-corrected chi connectivity index (χ2v) is 8.63. The van der Waals surface area contributed by atoms with Gasteiger partial charge < -0.3 is 15.0 Å². The molecule has 154 valence electrons. The van der Waals surface area contributed by atoms with E-state index in [1.165, 1.54) is 0 Å². The average Bonchev–Trinajstić information content (AvgIpc) is 3.07. The first-order valence-electron chi connectivity index (χ1n) is 10.1. The largest absolute Gasteiger partial charge is 0.444 e. The van der Waals surface area contributed by atoms with Crippen LogP contribution in [0.2, 0.25) is 0 Å². The number of alkyl carbamates (subject to hydrolysis) is 1. The minimum Gasteiger partial charge on any atom is -0.444 e. The number of ether oxygens (including phenoxy) is 1. The van der Waals surface area contributed by atoms with Crippen molar-refractivity contribution in [3.8, 4) is 0 Å². The van der Waals surface area contributed by atoms with Gasteiger partial charge in [0.15, 0.2) is 0 Å². The van der Waals surface area contributed by atoms with Crippen LogP contribution in [0.5, 0.6) is 0 Å². The van der Waals surface area contributed by atoms with Crippen LogP contribution in [0.1, 0.15) is 57.3 Å². The summed E-state index contributed by atoms with van der Waals surface area (Å²) >= 11 is 0. The van der Waals surface area contributed by atoms with Gasteiger partial charge in [0.25, 0.3) is 0 Å². The third-order valence-electron chi connectivity index (χ3n) is 5.24. The number of nitrogens with one attached hydrogen (secondary N) is 1. The van der Waals surface area contributed by atoms with Crippen LogP contribution in [0.25, 0.3) is 0 Å². The Hall–Kier alpha value is -2.82. The molecule has 1 fully saturated rings. The van der Waals surface area contributed by atoms with Crippen LogP contribution in [-0.2, 0) is 9.53 Å². The van der Waals surface area contributed by atoms with Crippen molar-refractivity contribution in [2.75, 3.05) is 6.54 Å². The van der Waals surface area contributed by atoms with E-state index in [0.717, 1.165) is 11.1 Å². The van der Waals surface area contributed by atoms with Gasteiger partial charge in [-0.05, 0) is 38.8 Å². The maximum Gasteiger partial charge on any atom is 0.408 e. The molecule has 1 saturated heterocycles. The van der Waals surface area contributed by atoms with Crippen LogP contribution >= 0.6 is 0 Å². The third-order valence-corrected chi connectivity index (χ3v) is 5.24. The highest BCUT2D eigenvalue weighted by Gasteiger charge is 2.39. The van der Waals surface area contributed by atoms with E-state index in [9.17, 15) is 9.59 Å². The number of hydrogen-bond acceptors (Lipinski definition) is 3. The first-order valence-corrected chi connectivity index (χ1v) is 10.1. The Labute approximate surface area is 173 Å². The van der Waals surface area contributed by atoms with Crippen molar-refractivity contribution in [3.05, 3.63) is 71.8 Å². The second kappa shape index (κ2) is 8.68. The predicted octanol–water partition coefficient (Wildman–Crippen LogP) is 4.86. The topological polar surface area (TPSA) is 58.6 Å². The van der Waals surface area contributed by atoms with E-state index in [1.807, 2.05) is 86.3 Å². The Kier molecular flexibility index (Phi) is 6.26. The molecule has 0 aliphatic carbocycles. The van der Waals surface area contributed by atoms with Gasteiger partial charge in [-0.3, -0.25) is 4.79 Å². The van der Waals surface area contributed by atoms with Crippen LogP contribution in [0.15, 0.2) is 60.7 Å². The van der Waals surface area contributed by atoms with Gasteiger partial charge in [0.05, 0.1) is 12.1 Å². The molecule has 1 aliphatic rings. The van der Waals surface area contributed by atoms with Crippen molar-refractivity contribution in [1.29, 1.82) is 0 Å². The number of benzene rings is 2. The molecule has 3 rings (SSSR count). The molecule has 29 heavy (non-hydrogen) atoms. The molecule has 0 bridgehead atoms. The molecule has 1 aliphatic heterocycles. The van der Waals surface area contributed by atoms with Crippen LogP contribution in [-0.4, -0.2) is 29.0 Å². The Balaban J connectivity index is 1.79. The second-order valence-electron chi connectivity index (χ2n) is 8.63. The summed E-state index contributed by atoms with van der Waals surface area (Å²) in [6, 6.07) is 19.5. The molecule has 2 aromatic rings. The van der Waals surface area contributed by atoms with Crippen LogP contribution in [0.3, 0.4) is 0 Å². The fourth-order valence-corrected chi connectivity index (χ4v) is 3.84. The van der Waals surface area contributed by atoms with E-state index >= 15 is 0 Å². The lowest BCUT2D eigenvalue weighted by molar-refractivity contribution is -0.129. The summed E-state index contributed by atoms with van der Waals surface area (Å²) in [6.45, 7) is 8.16. The minimum atomic E-state index is -0.579. The number of amides is 2. The summed E-state index contributed by atoms with van der Waals surface area (Å²) in [5.74, 6) is 0.0850. The molecule has 1 N–H and O–H groups in total. The van der Waals surface area contributed by atoms with E-state index < -0.39 is 11.7 Å². The summed E-state index contributed by atoms with van der Waals surface area (Å²) < 4.78 is 5.47. The highest BCUT2D eigenvalue weighted by Crippen LogP contribution is 2.35. The maximum atomic E-state index is 12.8. The summed E-state index contributed by atoms with van der Waals surface area (Å²) in [6.07, 6.45) is -0.0691. The number of nitrogens with zero attached hydrogens (tertiary/aromatic N) is 1. The first kappa shape index (κ1) is 20.9. The molecule has 5 nitrogen and oxygen atoms in total. The van der Waals surface area contributed by atoms with Crippen LogP contribution in [0, 0.1) is 5.92 Å². The van der Waals surface area contributed by atoms with Crippen molar-refractivity contribution in [1.82, 2.24) is 10.2 Å². The SMILES string of the molecule is C[C@H](c1ccccc1)N1C[C@H](C(NC(=O)OC(C)(C)C)c2ccccc2)CC1=O. The molecule has 5 heteroatoms. The van der Waals surface area contributed by atoms with Gasteiger partial charge in [-0.2, -0.15) is 0 Å². The third kappa shape index (κ3) is 5.37. The van der Waals surface area contributed by atoms with Gasteiger partial charge in [0, 0.05) is 18.9 Å². The summed E-state index contributed by atoms with van der Waals surface area (Å²) in [4.78, 5) is 27.2. The van der Waals surface area contributed by atoms with E-state index in [4.69, 9.17) is 4.74 Å². The molecule has 2 amide bonds. The molecule has 2 aromatic carbocycles. The molecule has 0 radical (unpaired) electrons. The fraction of sp³-hybridized carbons (Fsp3) is 0.417. The number of rotatable bonds is 5. The molecule has 1 heterocycles. The Morgan fingerprint density at radius 2 is 1.59 bits per heavy atom. The highest BCUT2D eigenvalue weighted by atomic mass is 16.6. The van der Waals surface area contributed by atoms with Gasteiger partial charge in [-0.15, -0.1) is 0 Å². The standard InChI is InChI=1S/C24H30N2O3/c1-17(18-11-7-5-8-12-18)26-16-20(15-21(26)27)22(19-13-9-6-10-14-19)25-23(28)29-24(2,3)4/h5-14,17,20,22H,15-16H2,1-4H3,(H,25,28)/t17-,20-,22?/m1/s1. The number of likely N-dealkylation sites (tertiary alicyclic amines) is 1. The monoisotopic (exact) mass is 394 g/mol. The normalized spacial score (nSPS) is 19.0. The van der Waals surface area contributed by atoms with E-state index in [-0.39, 0.29) is 23.9 Å². The number of hydrogen-bond donors (Lipinski definition) is 1. The molecule has 0 spiro atoms. The number of carbonyl (C=O) groups is 2. The molecule has 1 unspecified atom stereocenters. The van der Waals surface area contributed by atoms with Crippen molar-refractivity contribution in [3.63, 3.8) is 0 Å². The summed E-state index contributed by atoms with van der Waals surface area (Å²) in [5, 5.41) is 3.01. The zero-order chi connectivity index (χ0) is 21.0. The quantitative estimate of drug-likeness (QED) is 0.788. The Morgan fingerprint density at radius 3 is 2.14 bits per heavy atom. The van der Waals surface area contributed by atoms with Crippen molar-refractivity contribution in [2.45, 2.75) is 51.8 Å². The van der Waals surface area contributed by atoms with Crippen molar-refractivity contribution >= 4 is 12.0 Å². The minimum absolute atomic E-state index is 0.00773. The lowest BCUT2D eigenvalue weighted by Crippen LogP contribution is -2.38. The lowest BCUT2D eigenvalue weighted by atomic mass is 9.92. The molecule has 0 saturated carbocycles. The van der Waals surface area contributed by atoms with Crippen molar-refractivity contribution in [2.24, 2.45) is 5.92 Å². The Morgan fingerprint density at radius 1 is 1.03 bits per heavy atom. The molecule has 0 aromatic heterocycles. The average molecular weight is 395 g/mol. The van der Waals surface area contributed by atoms with Gasteiger partial charge in [-0.25, -0.2) is 4.79 Å². The van der Waals surface area contributed by atoms with Gasteiger partial charge in [-0.1, -0.05) is 60.7 Å². The lowest BCUT2D eigenvalue weighted by Gasteiger charge is -2.29. The van der Waals surface area contributed by atoms with Crippen molar-refractivity contribution < 1.29 is 14.3 Å². The van der Waals surface area contributed by atoms with Gasteiger partial charge in [0.2, 0.25) is 5.91 Å². The van der Waals surface area contributed by atoms with Crippen LogP contribution in [0.4, 0.5) is 4.79 Å². The summed E-state index contributed by atoms with van der Waals surface area (Å²) in [7, 11) is 0. The summed E-state index contributed by atoms with van der Waals surface area (Å²) in [5.41, 5.74) is 1.51. The highest BCUT2D eigenvalue weighted by molar-refractivity contribution is 5.79. The predicted molar refractivity (Wildman–Crippen MR) is 113 cm³/mol. The fourth-order valence-electron chi connectivity index (χ4n) is 3.84. The molecular weight excluding hydrogens is 364 g/mol. The van der Waals surface area contributed by atoms with E-state index in [0.29, 0.717) is 13.0 Å². The van der Waals surface area contributed by atoms with Crippen LogP contribution < -0.4 is 5.32 Å². The number of carbonyl (C=O) groups excluding carboxylic acids is 2. The zero-order valence-electron chi connectivity index (χ0n) is 17.6. The van der Waals surface area contributed by atoms with Gasteiger partial charge in [0.1, 0.15) is 5.60 Å². The zero-order valence-corrected chi connectivity index (χ0v) is 17.6.